The van der Waals surface area contributed by atoms with E-state index in [1.807, 2.05) is 0 Å². The number of rotatable bonds is 11. The molecule has 1 atom stereocenters. The third-order valence-electron chi connectivity index (χ3n) is 8.54. The number of benzene rings is 2. The van der Waals surface area contributed by atoms with Crippen molar-refractivity contribution in [1.29, 1.82) is 5.26 Å². The molecule has 2 aromatic heterocycles. The van der Waals surface area contributed by atoms with Gasteiger partial charge in [0.15, 0.2) is 0 Å². The number of unbranched alkanes of at least 4 members (excludes halogenated alkanes) is 4. The van der Waals surface area contributed by atoms with Gasteiger partial charge in [-0.2, -0.15) is 5.26 Å². The highest BCUT2D eigenvalue weighted by atomic mass is 14.9. The third-order valence-corrected chi connectivity index (χ3v) is 8.54. The van der Waals surface area contributed by atoms with Crippen LogP contribution in [0.3, 0.4) is 0 Å². The Morgan fingerprint density at radius 3 is 2.37 bits per heavy atom. The Balaban J connectivity index is 1.68. The first kappa shape index (κ1) is 26.2. The fraction of sp³-hybridized carbons (Fsp3) is 0.429. The summed E-state index contributed by atoms with van der Waals surface area (Å²) < 4.78 is 2.20. The molecule has 1 unspecified atom stereocenters. The van der Waals surface area contributed by atoms with Crippen LogP contribution in [0.15, 0.2) is 60.8 Å². The molecule has 0 bridgehead atoms. The molecule has 2 aromatic carbocycles. The van der Waals surface area contributed by atoms with E-state index in [0.29, 0.717) is 6.42 Å². The van der Waals surface area contributed by atoms with Crippen LogP contribution >= 0.6 is 0 Å². The Labute approximate surface area is 228 Å². The van der Waals surface area contributed by atoms with E-state index in [1.54, 1.807) is 0 Å². The van der Waals surface area contributed by atoms with E-state index in [2.05, 4.69) is 92.3 Å². The van der Waals surface area contributed by atoms with Crippen molar-refractivity contribution in [3.05, 3.63) is 88.9 Å². The molecule has 0 spiro atoms. The largest absolute Gasteiger partial charge is 0.350 e. The number of para-hydroxylation sites is 1. The summed E-state index contributed by atoms with van der Waals surface area (Å²) in [6.07, 6.45) is 14.0. The molecule has 5 rings (SSSR count). The predicted molar refractivity (Wildman–Crippen MR) is 158 cm³/mol. The maximum atomic E-state index is 10.8. The van der Waals surface area contributed by atoms with Gasteiger partial charge in [0.25, 0.3) is 0 Å². The topological polar surface area (TPSA) is 41.6 Å². The first-order valence-corrected chi connectivity index (χ1v) is 14.7. The average Bonchev–Trinajstić information content (AvgIpc) is 3.47. The lowest BCUT2D eigenvalue weighted by atomic mass is 9.79. The van der Waals surface area contributed by atoms with Gasteiger partial charge in [-0.05, 0) is 78.8 Å². The predicted octanol–water partition coefficient (Wildman–Crippen LogP) is 8.66. The van der Waals surface area contributed by atoms with E-state index < -0.39 is 5.41 Å². The van der Waals surface area contributed by atoms with Gasteiger partial charge in [0, 0.05) is 29.8 Å². The first-order chi connectivity index (χ1) is 18.6. The minimum atomic E-state index is -0.593. The molecule has 0 saturated heterocycles. The summed E-state index contributed by atoms with van der Waals surface area (Å²) in [5.41, 5.74) is 9.61. The van der Waals surface area contributed by atoms with Gasteiger partial charge in [0.1, 0.15) is 5.41 Å². The number of hydrogen-bond donors (Lipinski definition) is 0. The van der Waals surface area contributed by atoms with E-state index in [4.69, 9.17) is 4.98 Å². The second-order valence-corrected chi connectivity index (χ2v) is 11.2. The van der Waals surface area contributed by atoms with Crippen LogP contribution in [0.25, 0.3) is 22.0 Å². The summed E-state index contributed by atoms with van der Waals surface area (Å²) in [4.78, 5) is 5.47. The van der Waals surface area contributed by atoms with E-state index in [9.17, 15) is 5.26 Å². The lowest BCUT2D eigenvalue weighted by molar-refractivity contribution is 0.527. The molecule has 0 amide bonds. The molecule has 0 radical (unpaired) electrons. The number of aryl methyl sites for hydroxylation is 2. The van der Waals surface area contributed by atoms with Crippen molar-refractivity contribution in [2.45, 2.75) is 89.9 Å². The van der Waals surface area contributed by atoms with Crippen LogP contribution in [0.4, 0.5) is 0 Å². The van der Waals surface area contributed by atoms with Crippen molar-refractivity contribution >= 4 is 10.9 Å². The van der Waals surface area contributed by atoms with Gasteiger partial charge in [-0.15, -0.1) is 0 Å². The lowest BCUT2D eigenvalue weighted by Crippen LogP contribution is -2.26. The second-order valence-electron chi connectivity index (χ2n) is 11.2. The van der Waals surface area contributed by atoms with Gasteiger partial charge >= 0.3 is 0 Å². The van der Waals surface area contributed by atoms with Crippen molar-refractivity contribution in [3.8, 4) is 17.2 Å². The molecule has 38 heavy (non-hydrogen) atoms. The quantitative estimate of drug-likeness (QED) is 0.192. The molecule has 3 nitrogen and oxygen atoms in total. The number of hydrogen-bond acceptors (Lipinski definition) is 2. The highest BCUT2D eigenvalue weighted by Gasteiger charge is 2.43. The standard InChI is InChI=1S/C35H41N3/c1-4-6-9-18-29-31(19-10-7-5-2)37-34-30(33(29)26-15-11-8-12-16-26)21-22-35(34,25-36)23-27-24-38(3)32-20-14-13-17-28(27)32/h8,11-17,20,24H,4-7,9-10,18-19,21-23H2,1-3H3. The van der Waals surface area contributed by atoms with Crippen LogP contribution in [-0.4, -0.2) is 9.55 Å². The van der Waals surface area contributed by atoms with Crippen LogP contribution < -0.4 is 0 Å². The zero-order chi connectivity index (χ0) is 26.5. The summed E-state index contributed by atoms with van der Waals surface area (Å²) in [6, 6.07) is 22.3. The molecular formula is C35H41N3. The van der Waals surface area contributed by atoms with E-state index in [1.165, 1.54) is 76.5 Å². The first-order valence-electron chi connectivity index (χ1n) is 14.7. The minimum Gasteiger partial charge on any atom is -0.350 e. The Bertz CT molecular complexity index is 1440. The van der Waals surface area contributed by atoms with Crippen LogP contribution in [-0.2, 0) is 38.1 Å². The molecule has 0 saturated carbocycles. The number of aromatic nitrogens is 2. The van der Waals surface area contributed by atoms with Crippen molar-refractivity contribution in [2.24, 2.45) is 7.05 Å². The van der Waals surface area contributed by atoms with Crippen molar-refractivity contribution < 1.29 is 0 Å². The number of nitriles is 1. The minimum absolute atomic E-state index is 0.593. The normalized spacial score (nSPS) is 16.6. The van der Waals surface area contributed by atoms with Crippen molar-refractivity contribution in [1.82, 2.24) is 9.55 Å². The Hall–Kier alpha value is -3.38. The summed E-state index contributed by atoms with van der Waals surface area (Å²) in [6.45, 7) is 4.54. The summed E-state index contributed by atoms with van der Waals surface area (Å²) in [7, 11) is 2.10. The molecule has 0 aliphatic heterocycles. The SMILES string of the molecule is CCCCCc1nc2c(c(-c3ccccc3)c1CCCCC)CCC2(C#N)Cc1cn(C)c2ccccc12. The molecule has 196 valence electrons. The number of nitrogens with zero attached hydrogens (tertiary/aromatic N) is 3. The zero-order valence-electron chi connectivity index (χ0n) is 23.4. The van der Waals surface area contributed by atoms with Crippen molar-refractivity contribution in [3.63, 3.8) is 0 Å². The molecule has 1 aliphatic carbocycles. The number of fused-ring (bicyclic) bond motifs is 2. The molecule has 2 heterocycles. The lowest BCUT2D eigenvalue weighted by Gasteiger charge is -2.25. The van der Waals surface area contributed by atoms with Gasteiger partial charge in [-0.3, -0.25) is 4.98 Å². The summed E-state index contributed by atoms with van der Waals surface area (Å²) in [5.74, 6) is 0. The Kier molecular flexibility index (Phi) is 7.98. The molecule has 0 fully saturated rings. The van der Waals surface area contributed by atoms with E-state index >= 15 is 0 Å². The summed E-state index contributed by atoms with van der Waals surface area (Å²) >= 11 is 0. The molecule has 0 N–H and O–H groups in total. The third kappa shape index (κ3) is 4.90. The molecule has 3 heteroatoms. The monoisotopic (exact) mass is 503 g/mol. The molecule has 4 aromatic rings. The van der Waals surface area contributed by atoms with Crippen LogP contribution in [0.1, 0.15) is 86.9 Å². The highest BCUT2D eigenvalue weighted by molar-refractivity contribution is 5.84. The maximum absolute atomic E-state index is 10.8. The Morgan fingerprint density at radius 1 is 0.921 bits per heavy atom. The van der Waals surface area contributed by atoms with E-state index in [-0.39, 0.29) is 0 Å². The average molecular weight is 504 g/mol. The van der Waals surface area contributed by atoms with Gasteiger partial charge < -0.3 is 4.57 Å². The van der Waals surface area contributed by atoms with Crippen molar-refractivity contribution in [2.75, 3.05) is 0 Å². The van der Waals surface area contributed by atoms with Gasteiger partial charge in [0.05, 0.1) is 11.8 Å². The Morgan fingerprint density at radius 2 is 1.63 bits per heavy atom. The van der Waals surface area contributed by atoms with Crippen LogP contribution in [0.2, 0.25) is 0 Å². The second kappa shape index (κ2) is 11.6. The fourth-order valence-corrected chi connectivity index (χ4v) is 6.55. The van der Waals surface area contributed by atoms with E-state index in [0.717, 1.165) is 37.8 Å². The fourth-order valence-electron chi connectivity index (χ4n) is 6.55. The summed E-state index contributed by atoms with van der Waals surface area (Å²) in [5, 5.41) is 12.1. The van der Waals surface area contributed by atoms with Crippen LogP contribution in [0, 0.1) is 11.3 Å². The smallest absolute Gasteiger partial charge is 0.104 e. The highest BCUT2D eigenvalue weighted by Crippen LogP contribution is 2.47. The van der Waals surface area contributed by atoms with Crippen LogP contribution in [0.5, 0.6) is 0 Å². The molecular weight excluding hydrogens is 462 g/mol. The van der Waals surface area contributed by atoms with Gasteiger partial charge in [-0.1, -0.05) is 88.1 Å². The zero-order valence-corrected chi connectivity index (χ0v) is 23.4. The maximum Gasteiger partial charge on any atom is 0.104 e. The van der Waals surface area contributed by atoms with Gasteiger partial charge in [0.2, 0.25) is 0 Å². The van der Waals surface area contributed by atoms with Gasteiger partial charge in [-0.25, -0.2) is 0 Å². The molecule has 1 aliphatic rings. The number of pyridine rings is 1.